The summed E-state index contributed by atoms with van der Waals surface area (Å²) in [6.45, 7) is 7.19. The molecule has 6 nitrogen and oxygen atoms in total. The van der Waals surface area contributed by atoms with Gasteiger partial charge in [-0.05, 0) is 76.3 Å². The first-order valence-electron chi connectivity index (χ1n) is 11.4. The highest BCUT2D eigenvalue weighted by Gasteiger charge is 2.33. The third-order valence-electron chi connectivity index (χ3n) is 5.65. The Morgan fingerprint density at radius 1 is 1.12 bits per heavy atom. The second kappa shape index (κ2) is 11.0. The smallest absolute Gasteiger partial charge is 0.243 e. The summed E-state index contributed by atoms with van der Waals surface area (Å²) in [5, 5.41) is 2.99. The fourth-order valence-corrected chi connectivity index (χ4v) is 5.41. The van der Waals surface area contributed by atoms with Crippen LogP contribution in [-0.2, 0) is 21.2 Å². The minimum absolute atomic E-state index is 0.0607. The zero-order chi connectivity index (χ0) is 23.1. The molecule has 0 aliphatic carbocycles. The van der Waals surface area contributed by atoms with Crippen LogP contribution >= 0.6 is 0 Å². The Morgan fingerprint density at radius 2 is 1.81 bits per heavy atom. The fraction of sp³-hybridized carbons (Fsp3) is 0.480. The Bertz CT molecular complexity index is 986. The van der Waals surface area contributed by atoms with Gasteiger partial charge >= 0.3 is 0 Å². The molecule has 0 saturated carbocycles. The zero-order valence-corrected chi connectivity index (χ0v) is 20.0. The molecule has 32 heavy (non-hydrogen) atoms. The lowest BCUT2D eigenvalue weighted by molar-refractivity contribution is -0.126. The Hall–Kier alpha value is -2.38. The minimum atomic E-state index is -3.57. The van der Waals surface area contributed by atoms with Gasteiger partial charge in [0, 0.05) is 19.6 Å². The quantitative estimate of drug-likeness (QED) is 0.578. The van der Waals surface area contributed by atoms with E-state index in [1.807, 2.05) is 32.9 Å². The summed E-state index contributed by atoms with van der Waals surface area (Å²) in [7, 11) is -3.57. The van der Waals surface area contributed by atoms with Gasteiger partial charge in [0.05, 0.1) is 16.9 Å². The number of carbonyl (C=O) groups excluding carboxylic acids is 1. The third kappa shape index (κ3) is 6.56. The van der Waals surface area contributed by atoms with Gasteiger partial charge in [-0.15, -0.1) is 0 Å². The molecule has 0 radical (unpaired) electrons. The SMILES string of the molecule is Cc1ccc(S(=O)(=O)N2CCCC(C(=O)NCCCc3ccc(OC(C)C)cc3)C2)cc1. The lowest BCUT2D eigenvalue weighted by Gasteiger charge is -2.31. The van der Waals surface area contributed by atoms with Crippen molar-refractivity contribution >= 4 is 15.9 Å². The summed E-state index contributed by atoms with van der Waals surface area (Å²) in [5.74, 6) is 0.491. The molecule has 1 saturated heterocycles. The van der Waals surface area contributed by atoms with Gasteiger partial charge in [0.2, 0.25) is 15.9 Å². The van der Waals surface area contributed by atoms with Crippen LogP contribution in [-0.4, -0.2) is 44.4 Å². The number of hydrogen-bond donors (Lipinski definition) is 1. The predicted molar refractivity (Wildman–Crippen MR) is 126 cm³/mol. The summed E-state index contributed by atoms with van der Waals surface area (Å²) in [6.07, 6.45) is 3.24. The number of rotatable bonds is 9. The van der Waals surface area contributed by atoms with Crippen molar-refractivity contribution in [1.82, 2.24) is 9.62 Å². The van der Waals surface area contributed by atoms with Crippen molar-refractivity contribution in [2.75, 3.05) is 19.6 Å². The van der Waals surface area contributed by atoms with Crippen LogP contribution in [0.2, 0.25) is 0 Å². The van der Waals surface area contributed by atoms with Crippen LogP contribution < -0.4 is 10.1 Å². The molecular formula is C25H34N2O4S. The second-order valence-electron chi connectivity index (χ2n) is 8.72. The summed E-state index contributed by atoms with van der Waals surface area (Å²) in [4.78, 5) is 12.9. The Balaban J connectivity index is 1.46. The van der Waals surface area contributed by atoms with Crippen LogP contribution in [0.15, 0.2) is 53.4 Å². The molecule has 0 bridgehead atoms. The van der Waals surface area contributed by atoms with Crippen LogP contribution in [0.25, 0.3) is 0 Å². The van der Waals surface area contributed by atoms with Crippen molar-refractivity contribution in [1.29, 1.82) is 0 Å². The van der Waals surface area contributed by atoms with Gasteiger partial charge in [0.1, 0.15) is 5.75 Å². The third-order valence-corrected chi connectivity index (χ3v) is 7.53. The standard InChI is InChI=1S/C25H34N2O4S/c1-19(2)31-23-12-10-21(11-13-23)6-4-16-26-25(28)22-7-5-17-27(18-22)32(29,30)24-14-8-20(3)9-15-24/h8-15,19,22H,4-7,16-18H2,1-3H3,(H,26,28). The van der Waals surface area contributed by atoms with Crippen molar-refractivity contribution in [3.05, 3.63) is 59.7 Å². The Morgan fingerprint density at radius 3 is 2.47 bits per heavy atom. The summed E-state index contributed by atoms with van der Waals surface area (Å²) < 4.78 is 33.0. The second-order valence-corrected chi connectivity index (χ2v) is 10.7. The first kappa shape index (κ1) is 24.3. The molecule has 1 aliphatic heterocycles. The van der Waals surface area contributed by atoms with Crippen LogP contribution in [0.4, 0.5) is 0 Å². The van der Waals surface area contributed by atoms with E-state index in [2.05, 4.69) is 17.4 Å². The van der Waals surface area contributed by atoms with Gasteiger partial charge in [-0.2, -0.15) is 4.31 Å². The van der Waals surface area contributed by atoms with Gasteiger partial charge in [-0.3, -0.25) is 4.79 Å². The molecule has 3 rings (SSSR count). The Kier molecular flexibility index (Phi) is 8.32. The van der Waals surface area contributed by atoms with E-state index in [-0.39, 0.29) is 29.4 Å². The number of carbonyl (C=O) groups is 1. The number of ether oxygens (including phenoxy) is 1. The molecule has 7 heteroatoms. The number of sulfonamides is 1. The predicted octanol–water partition coefficient (Wildman–Crippen LogP) is 3.93. The topological polar surface area (TPSA) is 75.7 Å². The van der Waals surface area contributed by atoms with Gasteiger partial charge < -0.3 is 10.1 Å². The number of nitrogens with zero attached hydrogens (tertiary/aromatic N) is 1. The molecule has 1 aliphatic rings. The van der Waals surface area contributed by atoms with Gasteiger partial charge in [-0.25, -0.2) is 8.42 Å². The highest BCUT2D eigenvalue weighted by atomic mass is 32.2. The van der Waals surface area contributed by atoms with E-state index in [9.17, 15) is 13.2 Å². The molecule has 174 valence electrons. The van der Waals surface area contributed by atoms with Crippen molar-refractivity contribution in [2.45, 2.75) is 57.5 Å². The molecule has 1 fully saturated rings. The van der Waals surface area contributed by atoms with E-state index in [0.717, 1.165) is 24.2 Å². The van der Waals surface area contributed by atoms with Crippen molar-refractivity contribution in [2.24, 2.45) is 5.92 Å². The maximum absolute atomic E-state index is 13.0. The maximum Gasteiger partial charge on any atom is 0.243 e. The molecule has 2 aromatic rings. The number of hydrogen-bond acceptors (Lipinski definition) is 4. The molecule has 1 unspecified atom stereocenters. The lowest BCUT2D eigenvalue weighted by Crippen LogP contribution is -2.45. The molecule has 0 aromatic heterocycles. The monoisotopic (exact) mass is 458 g/mol. The number of aryl methyl sites for hydroxylation is 2. The summed E-state index contributed by atoms with van der Waals surface area (Å²) in [6, 6.07) is 14.9. The first-order valence-corrected chi connectivity index (χ1v) is 12.8. The van der Waals surface area contributed by atoms with Crippen molar-refractivity contribution in [3.63, 3.8) is 0 Å². The highest BCUT2D eigenvalue weighted by Crippen LogP contribution is 2.24. The van der Waals surface area contributed by atoms with E-state index in [0.29, 0.717) is 25.9 Å². The fourth-order valence-electron chi connectivity index (χ4n) is 3.89. The molecule has 0 spiro atoms. The number of benzene rings is 2. The van der Waals surface area contributed by atoms with Gasteiger partial charge in [-0.1, -0.05) is 29.8 Å². The van der Waals surface area contributed by atoms with E-state index in [4.69, 9.17) is 4.74 Å². The minimum Gasteiger partial charge on any atom is -0.491 e. The van der Waals surface area contributed by atoms with Gasteiger partial charge in [0.15, 0.2) is 0 Å². The molecule has 1 amide bonds. The van der Waals surface area contributed by atoms with Crippen molar-refractivity contribution < 1.29 is 17.9 Å². The van der Waals surface area contributed by atoms with Crippen LogP contribution in [0.5, 0.6) is 5.75 Å². The number of amides is 1. The van der Waals surface area contributed by atoms with Crippen LogP contribution in [0, 0.1) is 12.8 Å². The number of piperidine rings is 1. The van der Waals surface area contributed by atoms with E-state index < -0.39 is 10.0 Å². The largest absolute Gasteiger partial charge is 0.491 e. The average Bonchev–Trinajstić information content (AvgIpc) is 2.77. The Labute approximate surface area is 192 Å². The summed E-state index contributed by atoms with van der Waals surface area (Å²) in [5.41, 5.74) is 2.21. The molecule has 1 N–H and O–H groups in total. The average molecular weight is 459 g/mol. The van der Waals surface area contributed by atoms with Gasteiger partial charge in [0.25, 0.3) is 0 Å². The maximum atomic E-state index is 13.0. The van der Waals surface area contributed by atoms with E-state index in [1.54, 1.807) is 24.3 Å². The zero-order valence-electron chi connectivity index (χ0n) is 19.2. The first-order chi connectivity index (χ1) is 15.3. The van der Waals surface area contributed by atoms with Crippen LogP contribution in [0.3, 0.4) is 0 Å². The van der Waals surface area contributed by atoms with E-state index >= 15 is 0 Å². The van der Waals surface area contributed by atoms with Crippen molar-refractivity contribution in [3.8, 4) is 5.75 Å². The molecular weight excluding hydrogens is 424 g/mol. The molecule has 1 heterocycles. The van der Waals surface area contributed by atoms with E-state index in [1.165, 1.54) is 9.87 Å². The van der Waals surface area contributed by atoms with Crippen LogP contribution in [0.1, 0.15) is 44.2 Å². The lowest BCUT2D eigenvalue weighted by atomic mass is 9.99. The molecule has 1 atom stereocenters. The highest BCUT2D eigenvalue weighted by molar-refractivity contribution is 7.89. The normalized spacial score (nSPS) is 17.3. The number of nitrogens with one attached hydrogen (secondary N) is 1. The molecule has 2 aromatic carbocycles. The summed E-state index contributed by atoms with van der Waals surface area (Å²) >= 11 is 0.